The van der Waals surface area contributed by atoms with Crippen LogP contribution in [-0.2, 0) is 4.74 Å². The Bertz CT molecular complexity index is 419. The first-order chi connectivity index (χ1) is 8.46. The molecule has 1 saturated carbocycles. The van der Waals surface area contributed by atoms with Gasteiger partial charge in [0, 0.05) is 12.4 Å². The van der Waals surface area contributed by atoms with Gasteiger partial charge in [-0.05, 0) is 42.7 Å². The fourth-order valence-electron chi connectivity index (χ4n) is 3.05. The number of pyridine rings is 1. The molecule has 0 radical (unpaired) electrons. The molecule has 2 rings (SSSR count). The molecule has 18 heavy (non-hydrogen) atoms. The molecule has 3 heteroatoms. The zero-order chi connectivity index (χ0) is 13.2. The second-order valence-corrected chi connectivity index (χ2v) is 6.18. The molecule has 0 spiro atoms. The van der Waals surface area contributed by atoms with Gasteiger partial charge in [-0.15, -0.1) is 0 Å². The minimum Gasteiger partial charge on any atom is -0.459 e. The first kappa shape index (κ1) is 13.1. The first-order valence-electron chi connectivity index (χ1n) is 6.57. The Morgan fingerprint density at radius 1 is 1.50 bits per heavy atom. The van der Waals surface area contributed by atoms with Gasteiger partial charge in [-0.1, -0.05) is 20.8 Å². The molecular formula is C15H22NO2+. The van der Waals surface area contributed by atoms with E-state index >= 15 is 0 Å². The summed E-state index contributed by atoms with van der Waals surface area (Å²) in [6, 6.07) is 3.50. The van der Waals surface area contributed by atoms with E-state index in [1.165, 1.54) is 6.42 Å². The number of hydrogen-bond donors (Lipinski definition) is 0. The minimum absolute atomic E-state index is 0. The predicted molar refractivity (Wildman–Crippen MR) is 71.3 cm³/mol. The van der Waals surface area contributed by atoms with Gasteiger partial charge in [0.05, 0.1) is 5.56 Å². The van der Waals surface area contributed by atoms with Crippen LogP contribution in [-0.4, -0.2) is 17.1 Å². The lowest BCUT2D eigenvalue weighted by atomic mass is 9.71. The molecule has 98 valence electrons. The van der Waals surface area contributed by atoms with E-state index in [4.69, 9.17) is 4.74 Å². The van der Waals surface area contributed by atoms with E-state index in [1.807, 2.05) is 0 Å². The van der Waals surface area contributed by atoms with E-state index in [0.717, 1.165) is 12.8 Å². The monoisotopic (exact) mass is 248 g/mol. The molecule has 1 aliphatic rings. The van der Waals surface area contributed by atoms with Crippen molar-refractivity contribution in [1.29, 1.82) is 0 Å². The van der Waals surface area contributed by atoms with E-state index in [0.29, 0.717) is 11.5 Å². The Labute approximate surface area is 110 Å². The number of rotatable bonds is 2. The molecule has 1 aliphatic carbocycles. The van der Waals surface area contributed by atoms with Crippen molar-refractivity contribution in [3.8, 4) is 0 Å². The van der Waals surface area contributed by atoms with E-state index in [-0.39, 0.29) is 18.9 Å². The number of ether oxygens (including phenoxy) is 1. The van der Waals surface area contributed by atoms with Crippen molar-refractivity contribution in [1.82, 2.24) is 4.98 Å². The number of nitrogens with zero attached hydrogens (tertiary/aromatic N) is 1. The first-order valence-corrected chi connectivity index (χ1v) is 6.57. The lowest BCUT2D eigenvalue weighted by Crippen LogP contribution is -2.34. The Morgan fingerprint density at radius 3 is 2.89 bits per heavy atom. The molecule has 0 aromatic carbocycles. The lowest BCUT2D eigenvalue weighted by Gasteiger charge is -2.38. The van der Waals surface area contributed by atoms with Gasteiger partial charge < -0.3 is 4.74 Å². The van der Waals surface area contributed by atoms with Gasteiger partial charge in [0.15, 0.2) is 0 Å². The van der Waals surface area contributed by atoms with Crippen LogP contribution in [0.5, 0.6) is 0 Å². The van der Waals surface area contributed by atoms with Crippen LogP contribution in [0.3, 0.4) is 0 Å². The second-order valence-electron chi connectivity index (χ2n) is 6.18. The molecule has 0 unspecified atom stereocenters. The molecule has 1 aromatic rings. The Balaban J connectivity index is 0.00000180. The summed E-state index contributed by atoms with van der Waals surface area (Å²) in [5, 5.41) is 0. The third-order valence-corrected chi connectivity index (χ3v) is 3.52. The van der Waals surface area contributed by atoms with Crippen molar-refractivity contribution in [3.05, 3.63) is 30.1 Å². The maximum atomic E-state index is 12.0. The SMILES string of the molecule is C[C@@H]1C[C@@H](OC(=O)c2cccnc2)CC(C)(C)C1.[H+]. The zero-order valence-corrected chi connectivity index (χ0v) is 11.3. The summed E-state index contributed by atoms with van der Waals surface area (Å²) in [5.74, 6) is 0.360. The normalized spacial score (nSPS) is 26.6. The summed E-state index contributed by atoms with van der Waals surface area (Å²) in [6.45, 7) is 6.72. The summed E-state index contributed by atoms with van der Waals surface area (Å²) in [6.07, 6.45) is 6.37. The highest BCUT2D eigenvalue weighted by molar-refractivity contribution is 5.89. The Kier molecular flexibility index (Phi) is 3.69. The van der Waals surface area contributed by atoms with Gasteiger partial charge in [0.25, 0.3) is 0 Å². The van der Waals surface area contributed by atoms with Crippen LogP contribution in [0, 0.1) is 11.3 Å². The van der Waals surface area contributed by atoms with Gasteiger partial charge >= 0.3 is 7.40 Å². The Hall–Kier alpha value is -1.38. The summed E-state index contributed by atoms with van der Waals surface area (Å²) in [5.41, 5.74) is 0.797. The van der Waals surface area contributed by atoms with Crippen LogP contribution in [0.2, 0.25) is 0 Å². The van der Waals surface area contributed by atoms with Gasteiger partial charge in [0.1, 0.15) is 6.10 Å². The van der Waals surface area contributed by atoms with Crippen molar-refractivity contribution in [3.63, 3.8) is 0 Å². The second kappa shape index (κ2) is 5.09. The number of carbonyl (C=O) groups is 1. The van der Waals surface area contributed by atoms with E-state index in [1.54, 1.807) is 24.5 Å². The molecule has 3 nitrogen and oxygen atoms in total. The smallest absolute Gasteiger partial charge is 0.459 e. The quantitative estimate of drug-likeness (QED) is 0.751. The zero-order valence-electron chi connectivity index (χ0n) is 12.3. The molecule has 0 amide bonds. The van der Waals surface area contributed by atoms with Gasteiger partial charge in [-0.2, -0.15) is 0 Å². The number of carbonyl (C=O) groups excluding carboxylic acids is 1. The Morgan fingerprint density at radius 2 is 2.28 bits per heavy atom. The molecule has 1 heterocycles. The summed E-state index contributed by atoms with van der Waals surface area (Å²) in [4.78, 5) is 15.9. The highest BCUT2D eigenvalue weighted by Gasteiger charge is 2.34. The molecule has 2 atom stereocenters. The number of aromatic nitrogens is 1. The average molecular weight is 248 g/mol. The van der Waals surface area contributed by atoms with Crippen LogP contribution in [0.15, 0.2) is 24.5 Å². The van der Waals surface area contributed by atoms with Crippen LogP contribution in [0.25, 0.3) is 0 Å². The third kappa shape index (κ3) is 3.31. The third-order valence-electron chi connectivity index (χ3n) is 3.52. The van der Waals surface area contributed by atoms with Crippen molar-refractivity contribution in [2.75, 3.05) is 0 Å². The summed E-state index contributed by atoms with van der Waals surface area (Å²) >= 11 is 0. The van der Waals surface area contributed by atoms with Crippen molar-refractivity contribution in [2.45, 2.75) is 46.1 Å². The lowest BCUT2D eigenvalue weighted by molar-refractivity contribution is -0.00717. The summed E-state index contributed by atoms with van der Waals surface area (Å²) < 4.78 is 5.60. The van der Waals surface area contributed by atoms with Gasteiger partial charge in [-0.25, -0.2) is 4.79 Å². The number of hydrogen-bond acceptors (Lipinski definition) is 3. The maximum absolute atomic E-state index is 12.0. The molecule has 1 aromatic heterocycles. The van der Waals surface area contributed by atoms with E-state index in [9.17, 15) is 4.79 Å². The van der Waals surface area contributed by atoms with Crippen LogP contribution in [0.4, 0.5) is 0 Å². The van der Waals surface area contributed by atoms with E-state index < -0.39 is 0 Å². The van der Waals surface area contributed by atoms with E-state index in [2.05, 4.69) is 25.8 Å². The topological polar surface area (TPSA) is 39.2 Å². The van der Waals surface area contributed by atoms with Gasteiger partial charge in [0.2, 0.25) is 0 Å². The maximum Gasteiger partial charge on any atom is 1.00 e. The summed E-state index contributed by atoms with van der Waals surface area (Å²) in [7, 11) is 0. The molecule has 0 aliphatic heterocycles. The fourth-order valence-corrected chi connectivity index (χ4v) is 3.05. The van der Waals surface area contributed by atoms with Gasteiger partial charge in [-0.3, -0.25) is 4.98 Å². The number of esters is 1. The van der Waals surface area contributed by atoms with Crippen molar-refractivity contribution >= 4 is 5.97 Å². The predicted octanol–water partition coefficient (Wildman–Crippen LogP) is 3.57. The molecule has 1 fully saturated rings. The minimum atomic E-state index is -0.252. The van der Waals surface area contributed by atoms with Crippen LogP contribution in [0.1, 0.15) is 51.8 Å². The standard InChI is InChI=1S/C15H21NO2/c1-11-7-13(9-15(2,3)8-11)18-14(17)12-5-4-6-16-10-12/h4-6,10-11,13H,7-9H2,1-3H3/p+1/t11-,13-/m1/s1. The molecule has 0 bridgehead atoms. The average Bonchev–Trinajstić information content (AvgIpc) is 2.27. The van der Waals surface area contributed by atoms with Crippen LogP contribution < -0.4 is 0 Å². The van der Waals surface area contributed by atoms with Crippen molar-refractivity contribution < 1.29 is 11.0 Å². The molecular weight excluding hydrogens is 226 g/mol. The highest BCUT2D eigenvalue weighted by Crippen LogP contribution is 2.39. The highest BCUT2D eigenvalue weighted by atomic mass is 16.5. The van der Waals surface area contributed by atoms with Crippen molar-refractivity contribution in [2.24, 2.45) is 11.3 Å². The van der Waals surface area contributed by atoms with Crippen LogP contribution >= 0.6 is 0 Å². The largest absolute Gasteiger partial charge is 1.00 e. The fraction of sp³-hybridized carbons (Fsp3) is 0.600. The molecule has 0 N–H and O–H groups in total. The molecule has 0 saturated heterocycles.